The van der Waals surface area contributed by atoms with Gasteiger partial charge < -0.3 is 10.1 Å². The second-order valence-corrected chi connectivity index (χ2v) is 7.98. The number of halogens is 3. The topological polar surface area (TPSA) is 39.1 Å². The van der Waals surface area contributed by atoms with Crippen LogP contribution in [-0.4, -0.2) is 22.7 Å². The molecular formula is C26H22F3N3O. The van der Waals surface area contributed by atoms with Crippen LogP contribution < -0.4 is 10.1 Å². The van der Waals surface area contributed by atoms with E-state index < -0.39 is 6.36 Å². The number of nitrogens with zero attached hydrogens (tertiary/aromatic N) is 2. The van der Waals surface area contributed by atoms with Gasteiger partial charge in [0.1, 0.15) is 11.6 Å². The van der Waals surface area contributed by atoms with E-state index in [0.29, 0.717) is 5.69 Å². The molecule has 1 N–H and O–H groups in total. The van der Waals surface area contributed by atoms with E-state index >= 15 is 0 Å². The van der Waals surface area contributed by atoms with Crippen LogP contribution in [0.5, 0.6) is 5.75 Å². The van der Waals surface area contributed by atoms with Crippen LogP contribution in [0.4, 0.5) is 19.0 Å². The molecule has 4 aromatic rings. The Kier molecular flexibility index (Phi) is 5.54. The van der Waals surface area contributed by atoms with Gasteiger partial charge in [0.05, 0.1) is 11.4 Å². The molecule has 4 nitrogen and oxygen atoms in total. The van der Waals surface area contributed by atoms with Crippen molar-refractivity contribution in [1.82, 2.24) is 9.78 Å². The number of aromatic nitrogens is 2. The van der Waals surface area contributed by atoms with Gasteiger partial charge in [-0.1, -0.05) is 60.7 Å². The van der Waals surface area contributed by atoms with Crippen LogP contribution in [0.15, 0.2) is 84.9 Å². The summed E-state index contributed by atoms with van der Waals surface area (Å²) in [5.41, 5.74) is 5.25. The fraction of sp³-hybridized carbons (Fsp3) is 0.192. The molecule has 0 fully saturated rings. The summed E-state index contributed by atoms with van der Waals surface area (Å²) in [5.74, 6) is 0.786. The Morgan fingerprint density at radius 3 is 2.06 bits per heavy atom. The van der Waals surface area contributed by atoms with E-state index in [1.165, 1.54) is 23.3 Å². The number of benzene rings is 3. The Bertz CT molecular complexity index is 1180. The molecule has 1 aliphatic heterocycles. The third-order valence-electron chi connectivity index (χ3n) is 5.85. The highest BCUT2D eigenvalue weighted by molar-refractivity contribution is 5.58. The first kappa shape index (κ1) is 21.1. The Labute approximate surface area is 189 Å². The quantitative estimate of drug-likeness (QED) is 0.386. The van der Waals surface area contributed by atoms with Gasteiger partial charge in [-0.2, -0.15) is 5.10 Å². The number of nitrogens with one attached hydrogen (secondary N) is 1. The predicted octanol–water partition coefficient (Wildman–Crippen LogP) is 6.11. The lowest BCUT2D eigenvalue weighted by atomic mass is 9.86. The molecular weight excluding hydrogens is 427 g/mol. The standard InChI is InChI=1S/C26H22F3N3O/c27-26(28,29)33-21-13-11-20(12-14-21)32-25-22(15-16-30-25)24(31-32)17-23(18-7-3-1-4-8-18)19-9-5-2-6-10-19/h1-14,23,30H,15-17H2. The maximum Gasteiger partial charge on any atom is 0.573 e. The molecule has 5 rings (SSSR count). The number of anilines is 1. The highest BCUT2D eigenvalue weighted by Gasteiger charge is 2.31. The lowest BCUT2D eigenvalue weighted by Gasteiger charge is -2.17. The van der Waals surface area contributed by atoms with Crippen LogP contribution >= 0.6 is 0 Å². The van der Waals surface area contributed by atoms with Crippen LogP contribution in [-0.2, 0) is 12.8 Å². The lowest BCUT2D eigenvalue weighted by molar-refractivity contribution is -0.274. The van der Waals surface area contributed by atoms with Crippen LogP contribution in [0.25, 0.3) is 5.69 Å². The molecule has 7 heteroatoms. The fourth-order valence-corrected chi connectivity index (χ4v) is 4.38. The Hall–Kier alpha value is -3.74. The van der Waals surface area contributed by atoms with Crippen molar-refractivity contribution >= 4 is 5.82 Å². The van der Waals surface area contributed by atoms with Crippen molar-refractivity contribution in [2.45, 2.75) is 25.1 Å². The Morgan fingerprint density at radius 2 is 1.48 bits per heavy atom. The van der Waals surface area contributed by atoms with Crippen LogP contribution in [0, 0.1) is 0 Å². The van der Waals surface area contributed by atoms with Crippen molar-refractivity contribution in [3.8, 4) is 11.4 Å². The monoisotopic (exact) mass is 449 g/mol. The third-order valence-corrected chi connectivity index (χ3v) is 5.85. The van der Waals surface area contributed by atoms with E-state index in [1.807, 2.05) is 36.4 Å². The summed E-state index contributed by atoms with van der Waals surface area (Å²) in [5, 5.41) is 8.27. The molecule has 0 bridgehead atoms. The Morgan fingerprint density at radius 1 is 0.879 bits per heavy atom. The first-order valence-electron chi connectivity index (χ1n) is 10.8. The molecule has 0 radical (unpaired) electrons. The van der Waals surface area contributed by atoms with Gasteiger partial charge in [0.15, 0.2) is 0 Å². The van der Waals surface area contributed by atoms with E-state index in [9.17, 15) is 13.2 Å². The summed E-state index contributed by atoms with van der Waals surface area (Å²) < 4.78 is 43.3. The number of rotatable bonds is 6. The number of alkyl halides is 3. The van der Waals surface area contributed by atoms with Gasteiger partial charge in [0.2, 0.25) is 0 Å². The molecule has 0 saturated heterocycles. The van der Waals surface area contributed by atoms with Gasteiger partial charge in [-0.25, -0.2) is 4.68 Å². The van der Waals surface area contributed by atoms with E-state index in [-0.39, 0.29) is 11.7 Å². The average Bonchev–Trinajstić information content (AvgIpc) is 3.42. The van der Waals surface area contributed by atoms with Crippen molar-refractivity contribution in [3.63, 3.8) is 0 Å². The molecule has 0 saturated carbocycles. The maximum atomic E-state index is 12.5. The molecule has 0 aliphatic carbocycles. The highest BCUT2D eigenvalue weighted by Crippen LogP contribution is 2.35. The third kappa shape index (κ3) is 4.58. The summed E-state index contributed by atoms with van der Waals surface area (Å²) in [4.78, 5) is 0. The van der Waals surface area contributed by atoms with E-state index in [2.05, 4.69) is 34.3 Å². The molecule has 33 heavy (non-hydrogen) atoms. The van der Waals surface area contributed by atoms with Gasteiger partial charge in [0, 0.05) is 24.4 Å². The minimum absolute atomic E-state index is 0.142. The molecule has 0 unspecified atom stereocenters. The molecule has 3 aromatic carbocycles. The summed E-state index contributed by atoms with van der Waals surface area (Å²) in [6.45, 7) is 0.802. The van der Waals surface area contributed by atoms with Gasteiger partial charge in [-0.15, -0.1) is 13.2 Å². The van der Waals surface area contributed by atoms with Crippen molar-refractivity contribution in [2.24, 2.45) is 0 Å². The number of hydrogen-bond acceptors (Lipinski definition) is 3. The normalized spacial score (nSPS) is 13.1. The zero-order valence-corrected chi connectivity index (χ0v) is 17.7. The van der Waals surface area contributed by atoms with Gasteiger partial charge >= 0.3 is 6.36 Å². The summed E-state index contributed by atoms with van der Waals surface area (Å²) >= 11 is 0. The molecule has 0 spiro atoms. The highest BCUT2D eigenvalue weighted by atomic mass is 19.4. The van der Waals surface area contributed by atoms with Crippen LogP contribution in [0.1, 0.15) is 28.3 Å². The Balaban J connectivity index is 1.49. The second kappa shape index (κ2) is 8.65. The first-order valence-corrected chi connectivity index (χ1v) is 10.8. The van der Waals surface area contributed by atoms with Crippen molar-refractivity contribution in [1.29, 1.82) is 0 Å². The lowest BCUT2D eigenvalue weighted by Crippen LogP contribution is -2.17. The minimum Gasteiger partial charge on any atom is -0.406 e. The van der Waals surface area contributed by atoms with Crippen LogP contribution in [0.2, 0.25) is 0 Å². The average molecular weight is 449 g/mol. The zero-order chi connectivity index (χ0) is 22.8. The van der Waals surface area contributed by atoms with Gasteiger partial charge in [-0.05, 0) is 41.8 Å². The van der Waals surface area contributed by atoms with E-state index in [1.54, 1.807) is 16.8 Å². The number of fused-ring (bicyclic) bond motifs is 1. The SMILES string of the molecule is FC(F)(F)Oc1ccc(-n2nc(CC(c3ccccc3)c3ccccc3)c3c2NCC3)cc1. The molecule has 0 atom stereocenters. The maximum absolute atomic E-state index is 12.5. The molecule has 168 valence electrons. The predicted molar refractivity (Wildman–Crippen MR) is 121 cm³/mol. The summed E-state index contributed by atoms with van der Waals surface area (Å²) in [6.07, 6.45) is -3.14. The fourth-order valence-electron chi connectivity index (χ4n) is 4.38. The number of hydrogen-bond donors (Lipinski definition) is 1. The zero-order valence-electron chi connectivity index (χ0n) is 17.7. The van der Waals surface area contributed by atoms with Gasteiger partial charge in [-0.3, -0.25) is 0 Å². The van der Waals surface area contributed by atoms with Gasteiger partial charge in [0.25, 0.3) is 0 Å². The van der Waals surface area contributed by atoms with Crippen LogP contribution in [0.3, 0.4) is 0 Å². The van der Waals surface area contributed by atoms with Crippen molar-refractivity contribution in [3.05, 3.63) is 107 Å². The summed E-state index contributed by atoms with van der Waals surface area (Å²) in [6, 6.07) is 26.5. The summed E-state index contributed by atoms with van der Waals surface area (Å²) in [7, 11) is 0. The second-order valence-electron chi connectivity index (χ2n) is 7.98. The molecule has 0 amide bonds. The van der Waals surface area contributed by atoms with Crippen molar-refractivity contribution in [2.75, 3.05) is 11.9 Å². The molecule has 1 aromatic heterocycles. The minimum atomic E-state index is -4.72. The smallest absolute Gasteiger partial charge is 0.406 e. The first-order chi connectivity index (χ1) is 16.0. The molecule has 2 heterocycles. The van der Waals surface area contributed by atoms with Crippen molar-refractivity contribution < 1.29 is 17.9 Å². The number of ether oxygens (including phenoxy) is 1. The largest absolute Gasteiger partial charge is 0.573 e. The van der Waals surface area contributed by atoms with E-state index in [4.69, 9.17) is 5.10 Å². The van der Waals surface area contributed by atoms with E-state index in [0.717, 1.165) is 36.5 Å². The molecule has 1 aliphatic rings.